The van der Waals surface area contributed by atoms with Crippen molar-refractivity contribution >= 4 is 29.6 Å². The SMILES string of the molecule is CCOC(=O)OC1=C(C)NC(C)=C(OC(=O)OCc2ccc(C3=NNC(=O)CC3)cc2)C1c1cccc([N+](=O)[O-])c1. The van der Waals surface area contributed by atoms with Gasteiger partial charge in [0.15, 0.2) is 0 Å². The molecule has 2 N–H and O–H groups in total. The number of benzene rings is 2. The summed E-state index contributed by atoms with van der Waals surface area (Å²) in [6.45, 7) is 4.87. The quantitative estimate of drug-likeness (QED) is 0.256. The number of nitrogens with zero attached hydrogens (tertiary/aromatic N) is 2. The third-order valence-electron chi connectivity index (χ3n) is 6.25. The number of ether oxygens (including phenoxy) is 4. The molecule has 2 aromatic carbocycles. The number of hydrogen-bond donors (Lipinski definition) is 2. The number of nitrogens with one attached hydrogen (secondary N) is 2. The lowest BCUT2D eigenvalue weighted by Crippen LogP contribution is -2.29. The average Bonchev–Trinajstić information content (AvgIpc) is 2.95. The summed E-state index contributed by atoms with van der Waals surface area (Å²) >= 11 is 0. The van der Waals surface area contributed by atoms with E-state index in [1.807, 2.05) is 12.1 Å². The highest BCUT2D eigenvalue weighted by Gasteiger charge is 2.36. The zero-order valence-corrected chi connectivity index (χ0v) is 22.6. The van der Waals surface area contributed by atoms with E-state index < -0.39 is 23.2 Å². The molecule has 0 radical (unpaired) electrons. The van der Waals surface area contributed by atoms with Crippen LogP contribution in [0.2, 0.25) is 0 Å². The van der Waals surface area contributed by atoms with E-state index in [0.717, 1.165) is 11.3 Å². The van der Waals surface area contributed by atoms with Crippen LogP contribution in [0.15, 0.2) is 76.5 Å². The van der Waals surface area contributed by atoms with Crippen molar-refractivity contribution in [2.45, 2.75) is 46.1 Å². The molecule has 0 bridgehead atoms. The van der Waals surface area contributed by atoms with Crippen LogP contribution in [0.4, 0.5) is 15.3 Å². The van der Waals surface area contributed by atoms with Gasteiger partial charge >= 0.3 is 12.3 Å². The van der Waals surface area contributed by atoms with Crippen molar-refractivity contribution in [3.63, 3.8) is 0 Å². The topological polar surface area (TPSA) is 168 Å². The molecule has 1 amide bonds. The molecule has 0 saturated carbocycles. The summed E-state index contributed by atoms with van der Waals surface area (Å²) in [5.41, 5.74) is 5.71. The maximum absolute atomic E-state index is 12.8. The number of non-ortho nitro benzene ring substituents is 1. The zero-order chi connectivity index (χ0) is 29.5. The number of nitro groups is 1. The number of carbonyl (C=O) groups excluding carboxylic acids is 3. The van der Waals surface area contributed by atoms with E-state index in [1.165, 1.54) is 18.2 Å². The Labute approximate surface area is 234 Å². The average molecular weight is 565 g/mol. The van der Waals surface area contributed by atoms with Crippen molar-refractivity contribution in [3.05, 3.63) is 98.2 Å². The second kappa shape index (κ2) is 12.8. The first-order valence-electron chi connectivity index (χ1n) is 12.7. The molecule has 0 aromatic heterocycles. The highest BCUT2D eigenvalue weighted by molar-refractivity contribution is 6.04. The Balaban J connectivity index is 1.52. The van der Waals surface area contributed by atoms with Crippen molar-refractivity contribution in [2.75, 3.05) is 6.61 Å². The van der Waals surface area contributed by atoms with Crippen LogP contribution >= 0.6 is 0 Å². The number of nitro benzene ring substituents is 1. The van der Waals surface area contributed by atoms with Gasteiger partial charge in [-0.25, -0.2) is 15.0 Å². The molecule has 0 spiro atoms. The number of dihydropyridines is 1. The van der Waals surface area contributed by atoms with Crippen molar-refractivity contribution in [3.8, 4) is 0 Å². The molecule has 1 unspecified atom stereocenters. The van der Waals surface area contributed by atoms with Gasteiger partial charge in [0.2, 0.25) is 5.91 Å². The Hall–Kier alpha value is -5.20. The lowest BCUT2D eigenvalue weighted by atomic mass is 9.90. The molecule has 1 atom stereocenters. The van der Waals surface area contributed by atoms with Gasteiger partial charge in [-0.3, -0.25) is 14.9 Å². The lowest BCUT2D eigenvalue weighted by molar-refractivity contribution is -0.384. The van der Waals surface area contributed by atoms with E-state index in [2.05, 4.69) is 15.8 Å². The standard InChI is InChI=1S/C28H28N4O9/c1-4-38-27(34)40-25-16(2)29-17(3)26(24(25)20-6-5-7-21(14-20)32(36)37)41-28(35)39-15-18-8-10-19(11-9-18)22-12-13-23(33)31-30-22/h5-11,14,24,29H,4,12-13,15H2,1-3H3,(H,31,33). The third kappa shape index (κ3) is 7.06. The lowest BCUT2D eigenvalue weighted by Gasteiger charge is -2.30. The van der Waals surface area contributed by atoms with Gasteiger partial charge < -0.3 is 24.3 Å². The van der Waals surface area contributed by atoms with E-state index in [9.17, 15) is 24.5 Å². The molecule has 0 fully saturated rings. The van der Waals surface area contributed by atoms with Crippen molar-refractivity contribution < 1.29 is 38.3 Å². The summed E-state index contributed by atoms with van der Waals surface area (Å²) in [5, 5.41) is 18.5. The minimum Gasteiger partial charge on any atom is -0.434 e. The zero-order valence-electron chi connectivity index (χ0n) is 22.6. The summed E-state index contributed by atoms with van der Waals surface area (Å²) in [6, 6.07) is 12.8. The number of rotatable bonds is 8. The van der Waals surface area contributed by atoms with Gasteiger partial charge in [0.1, 0.15) is 24.0 Å². The highest BCUT2D eigenvalue weighted by atomic mass is 16.7. The molecule has 2 heterocycles. The summed E-state index contributed by atoms with van der Waals surface area (Å²) < 4.78 is 21.3. The minimum absolute atomic E-state index is 0.0353. The largest absolute Gasteiger partial charge is 0.513 e. The molecular formula is C28H28N4O9. The normalized spacial score (nSPS) is 16.7. The van der Waals surface area contributed by atoms with Crippen molar-refractivity contribution in [2.24, 2.45) is 5.10 Å². The Morgan fingerprint density at radius 3 is 2.24 bits per heavy atom. The van der Waals surface area contributed by atoms with E-state index in [4.69, 9.17) is 18.9 Å². The number of amides is 1. The van der Waals surface area contributed by atoms with Crippen molar-refractivity contribution in [1.82, 2.24) is 10.7 Å². The summed E-state index contributed by atoms with van der Waals surface area (Å²) in [6.07, 6.45) is -1.13. The van der Waals surface area contributed by atoms with E-state index >= 15 is 0 Å². The van der Waals surface area contributed by atoms with Gasteiger partial charge in [0.05, 0.1) is 28.6 Å². The molecule has 41 heavy (non-hydrogen) atoms. The van der Waals surface area contributed by atoms with Gasteiger partial charge in [0, 0.05) is 25.0 Å². The molecular weight excluding hydrogens is 536 g/mol. The predicted molar refractivity (Wildman–Crippen MR) is 144 cm³/mol. The second-order valence-corrected chi connectivity index (χ2v) is 9.10. The Bertz CT molecular complexity index is 1460. The van der Waals surface area contributed by atoms with Crippen LogP contribution in [0.5, 0.6) is 0 Å². The predicted octanol–water partition coefficient (Wildman–Crippen LogP) is 4.89. The van der Waals surface area contributed by atoms with Gasteiger partial charge in [0.25, 0.3) is 5.69 Å². The fourth-order valence-corrected chi connectivity index (χ4v) is 4.32. The first-order chi connectivity index (χ1) is 19.7. The number of allylic oxidation sites excluding steroid dienone is 2. The molecule has 2 aromatic rings. The molecule has 13 nitrogen and oxygen atoms in total. The van der Waals surface area contributed by atoms with Crippen molar-refractivity contribution in [1.29, 1.82) is 0 Å². The summed E-state index contributed by atoms with van der Waals surface area (Å²) in [5.74, 6) is -1.04. The van der Waals surface area contributed by atoms with Gasteiger partial charge in [-0.05, 0) is 37.5 Å². The second-order valence-electron chi connectivity index (χ2n) is 9.10. The van der Waals surface area contributed by atoms with E-state index in [0.29, 0.717) is 35.4 Å². The highest BCUT2D eigenvalue weighted by Crippen LogP contribution is 2.40. The maximum Gasteiger partial charge on any atom is 0.513 e. The smallest absolute Gasteiger partial charge is 0.434 e. The number of hydrogen-bond acceptors (Lipinski definition) is 11. The van der Waals surface area contributed by atoms with Crippen LogP contribution in [0, 0.1) is 10.1 Å². The summed E-state index contributed by atoms with van der Waals surface area (Å²) in [7, 11) is 0. The van der Waals surface area contributed by atoms with Gasteiger partial charge in [-0.1, -0.05) is 36.4 Å². The first kappa shape index (κ1) is 28.8. The summed E-state index contributed by atoms with van der Waals surface area (Å²) in [4.78, 5) is 47.3. The monoisotopic (exact) mass is 564 g/mol. The minimum atomic E-state index is -1.03. The van der Waals surface area contributed by atoms with Crippen LogP contribution in [0.1, 0.15) is 56.2 Å². The van der Waals surface area contributed by atoms with E-state index in [-0.39, 0.29) is 36.3 Å². The molecule has 2 aliphatic heterocycles. The third-order valence-corrected chi connectivity index (χ3v) is 6.25. The molecule has 13 heteroatoms. The molecule has 214 valence electrons. The van der Waals surface area contributed by atoms with Gasteiger partial charge in [-0.15, -0.1) is 0 Å². The Morgan fingerprint density at radius 1 is 1.00 bits per heavy atom. The molecule has 4 rings (SSSR count). The van der Waals surface area contributed by atoms with Crippen LogP contribution in [0.3, 0.4) is 0 Å². The number of carbonyl (C=O) groups is 3. The Kier molecular flexibility index (Phi) is 8.97. The fourth-order valence-electron chi connectivity index (χ4n) is 4.32. The van der Waals surface area contributed by atoms with Crippen LogP contribution in [0.25, 0.3) is 0 Å². The first-order valence-corrected chi connectivity index (χ1v) is 12.7. The Morgan fingerprint density at radius 2 is 1.66 bits per heavy atom. The molecule has 2 aliphatic rings. The fraction of sp³-hybridized carbons (Fsp3) is 0.286. The van der Waals surface area contributed by atoms with E-state index in [1.54, 1.807) is 39.0 Å². The maximum atomic E-state index is 12.8. The number of hydrazone groups is 1. The van der Waals surface area contributed by atoms with Gasteiger partial charge in [-0.2, -0.15) is 5.10 Å². The van der Waals surface area contributed by atoms with Crippen LogP contribution < -0.4 is 10.7 Å². The van der Waals surface area contributed by atoms with Crippen LogP contribution in [-0.2, 0) is 30.3 Å². The molecule has 0 aliphatic carbocycles. The van der Waals surface area contributed by atoms with Crippen LogP contribution in [-0.4, -0.2) is 35.5 Å². The molecule has 0 saturated heterocycles.